The summed E-state index contributed by atoms with van der Waals surface area (Å²) < 4.78 is 6.74. The van der Waals surface area contributed by atoms with Crippen LogP contribution in [0.25, 0.3) is 5.69 Å². The summed E-state index contributed by atoms with van der Waals surface area (Å²) in [6.07, 6.45) is 2.08. The second kappa shape index (κ2) is 8.44. The highest BCUT2D eigenvalue weighted by molar-refractivity contribution is 5.95. The molecule has 0 aliphatic rings. The summed E-state index contributed by atoms with van der Waals surface area (Å²) in [5.41, 5.74) is 7.11. The number of nitrogens with zero attached hydrogens (tertiary/aromatic N) is 4. The van der Waals surface area contributed by atoms with Crippen molar-refractivity contribution in [2.75, 3.05) is 12.4 Å². The van der Waals surface area contributed by atoms with E-state index in [2.05, 4.69) is 20.8 Å². The minimum atomic E-state index is -0.543. The Kier molecular flexibility index (Phi) is 6.92. The molecule has 1 atom stereocenters. The number of amides is 1. The zero-order valence-corrected chi connectivity index (χ0v) is 14.1. The molecule has 0 aliphatic carbocycles. The Morgan fingerprint density at radius 3 is 2.74 bits per heavy atom. The van der Waals surface area contributed by atoms with E-state index in [9.17, 15) is 4.79 Å². The molecule has 23 heavy (non-hydrogen) atoms. The molecule has 0 aliphatic heterocycles. The molecular formula is C14H21ClN6O2. The minimum absolute atomic E-state index is 0. The van der Waals surface area contributed by atoms with Crippen molar-refractivity contribution >= 4 is 24.0 Å². The van der Waals surface area contributed by atoms with Crippen LogP contribution in [0.4, 0.5) is 5.69 Å². The van der Waals surface area contributed by atoms with Crippen LogP contribution in [0.15, 0.2) is 24.5 Å². The van der Waals surface area contributed by atoms with E-state index in [1.165, 1.54) is 11.0 Å². The number of halogens is 1. The van der Waals surface area contributed by atoms with Gasteiger partial charge in [0.2, 0.25) is 5.91 Å². The van der Waals surface area contributed by atoms with Gasteiger partial charge in [0.25, 0.3) is 0 Å². The number of carbonyl (C=O) groups excluding carboxylic acids is 1. The van der Waals surface area contributed by atoms with Crippen LogP contribution in [-0.4, -0.2) is 39.3 Å². The highest BCUT2D eigenvalue weighted by Gasteiger charge is 2.16. The SMILES string of the molecule is COc1ccc(NC(=O)[C@@H](N)CC(C)C)cc1-n1cnnn1.Cl. The lowest BCUT2D eigenvalue weighted by Crippen LogP contribution is -2.36. The summed E-state index contributed by atoms with van der Waals surface area (Å²) in [4.78, 5) is 12.1. The number of benzene rings is 1. The summed E-state index contributed by atoms with van der Waals surface area (Å²) in [7, 11) is 1.56. The van der Waals surface area contributed by atoms with E-state index in [-0.39, 0.29) is 18.3 Å². The molecule has 3 N–H and O–H groups in total. The molecule has 0 unspecified atom stereocenters. The number of carbonyl (C=O) groups is 1. The molecule has 2 aromatic rings. The average molecular weight is 341 g/mol. The fourth-order valence-electron chi connectivity index (χ4n) is 2.07. The Hall–Kier alpha value is -2.19. The molecule has 0 radical (unpaired) electrons. The molecule has 1 aromatic heterocycles. The Morgan fingerprint density at radius 1 is 1.43 bits per heavy atom. The summed E-state index contributed by atoms with van der Waals surface area (Å²) >= 11 is 0. The lowest BCUT2D eigenvalue weighted by Gasteiger charge is -2.15. The standard InChI is InChI=1S/C14H20N6O2.ClH/c1-9(2)6-11(15)14(21)17-10-4-5-13(22-3)12(7-10)20-8-16-18-19-20;/h4-5,7-9,11H,6,15H2,1-3H3,(H,17,21);1H/t11-;/m0./s1. The quantitative estimate of drug-likeness (QED) is 0.823. The lowest BCUT2D eigenvalue weighted by molar-refractivity contribution is -0.117. The van der Waals surface area contributed by atoms with Crippen LogP contribution in [0.2, 0.25) is 0 Å². The van der Waals surface area contributed by atoms with E-state index in [1.54, 1.807) is 25.3 Å². The highest BCUT2D eigenvalue weighted by atomic mass is 35.5. The number of hydrogen-bond acceptors (Lipinski definition) is 6. The Labute approximate surface area is 140 Å². The van der Waals surface area contributed by atoms with Gasteiger partial charge in [0.15, 0.2) is 0 Å². The first-order valence-corrected chi connectivity index (χ1v) is 6.99. The number of nitrogens with one attached hydrogen (secondary N) is 1. The number of tetrazole rings is 1. The third-order valence-electron chi connectivity index (χ3n) is 3.10. The van der Waals surface area contributed by atoms with Crippen LogP contribution >= 0.6 is 12.4 Å². The molecule has 0 bridgehead atoms. The van der Waals surface area contributed by atoms with Crippen LogP contribution in [0.5, 0.6) is 5.75 Å². The number of rotatable bonds is 6. The van der Waals surface area contributed by atoms with Crippen molar-refractivity contribution in [3.05, 3.63) is 24.5 Å². The van der Waals surface area contributed by atoms with Gasteiger partial charge in [-0.15, -0.1) is 17.5 Å². The number of aromatic nitrogens is 4. The van der Waals surface area contributed by atoms with Gasteiger partial charge in [-0.3, -0.25) is 4.79 Å². The maximum absolute atomic E-state index is 12.1. The summed E-state index contributed by atoms with van der Waals surface area (Å²) in [6.45, 7) is 4.05. The summed E-state index contributed by atoms with van der Waals surface area (Å²) in [6, 6.07) is 4.67. The number of methoxy groups -OCH3 is 1. The van der Waals surface area contributed by atoms with Crippen molar-refractivity contribution in [2.24, 2.45) is 11.7 Å². The van der Waals surface area contributed by atoms with E-state index in [4.69, 9.17) is 10.5 Å². The number of hydrogen-bond donors (Lipinski definition) is 2. The lowest BCUT2D eigenvalue weighted by atomic mass is 10.0. The summed E-state index contributed by atoms with van der Waals surface area (Å²) in [5, 5.41) is 13.8. The first-order chi connectivity index (χ1) is 10.5. The predicted molar refractivity (Wildman–Crippen MR) is 89.0 cm³/mol. The molecule has 0 fully saturated rings. The third-order valence-corrected chi connectivity index (χ3v) is 3.10. The molecule has 2 rings (SSSR count). The first-order valence-electron chi connectivity index (χ1n) is 6.99. The van der Waals surface area contributed by atoms with Gasteiger partial charge in [0.05, 0.1) is 13.2 Å². The molecule has 0 saturated heterocycles. The molecule has 0 saturated carbocycles. The van der Waals surface area contributed by atoms with Crippen LogP contribution in [0.3, 0.4) is 0 Å². The van der Waals surface area contributed by atoms with Gasteiger partial charge in [-0.2, -0.15) is 4.68 Å². The highest BCUT2D eigenvalue weighted by Crippen LogP contribution is 2.25. The van der Waals surface area contributed by atoms with E-state index in [1.807, 2.05) is 13.8 Å². The van der Waals surface area contributed by atoms with E-state index < -0.39 is 6.04 Å². The van der Waals surface area contributed by atoms with Gasteiger partial charge < -0.3 is 15.8 Å². The van der Waals surface area contributed by atoms with Crippen LogP contribution in [-0.2, 0) is 4.79 Å². The molecule has 9 heteroatoms. The zero-order chi connectivity index (χ0) is 16.1. The van der Waals surface area contributed by atoms with E-state index in [0.29, 0.717) is 29.5 Å². The average Bonchev–Trinajstić information content (AvgIpc) is 3.00. The van der Waals surface area contributed by atoms with Crippen molar-refractivity contribution in [3.63, 3.8) is 0 Å². The van der Waals surface area contributed by atoms with Crippen molar-refractivity contribution in [2.45, 2.75) is 26.3 Å². The number of nitrogens with two attached hydrogens (primary N) is 1. The van der Waals surface area contributed by atoms with Gasteiger partial charge >= 0.3 is 0 Å². The second-order valence-corrected chi connectivity index (χ2v) is 5.37. The molecular weight excluding hydrogens is 320 g/mol. The number of anilines is 1. The van der Waals surface area contributed by atoms with Crippen molar-refractivity contribution in [3.8, 4) is 11.4 Å². The van der Waals surface area contributed by atoms with Crippen molar-refractivity contribution < 1.29 is 9.53 Å². The largest absolute Gasteiger partial charge is 0.494 e. The normalized spacial score (nSPS) is 11.7. The predicted octanol–water partition coefficient (Wildman–Crippen LogP) is 1.40. The number of ether oxygens (including phenoxy) is 1. The smallest absolute Gasteiger partial charge is 0.241 e. The monoisotopic (exact) mass is 340 g/mol. The fourth-order valence-corrected chi connectivity index (χ4v) is 2.07. The fraction of sp³-hybridized carbons (Fsp3) is 0.429. The molecule has 126 valence electrons. The van der Waals surface area contributed by atoms with Gasteiger partial charge in [0.1, 0.15) is 17.8 Å². The molecule has 1 heterocycles. The van der Waals surface area contributed by atoms with Gasteiger partial charge in [-0.25, -0.2) is 0 Å². The van der Waals surface area contributed by atoms with Crippen LogP contribution in [0.1, 0.15) is 20.3 Å². The minimum Gasteiger partial charge on any atom is -0.494 e. The van der Waals surface area contributed by atoms with Crippen molar-refractivity contribution in [1.82, 2.24) is 20.2 Å². The van der Waals surface area contributed by atoms with E-state index in [0.717, 1.165) is 0 Å². The maximum Gasteiger partial charge on any atom is 0.241 e. The van der Waals surface area contributed by atoms with Gasteiger partial charge in [-0.1, -0.05) is 13.8 Å². The van der Waals surface area contributed by atoms with E-state index >= 15 is 0 Å². The Morgan fingerprint density at radius 2 is 2.17 bits per heavy atom. The second-order valence-electron chi connectivity index (χ2n) is 5.37. The third kappa shape index (κ3) is 4.90. The maximum atomic E-state index is 12.1. The molecule has 1 amide bonds. The Bertz CT molecular complexity index is 632. The first kappa shape index (κ1) is 18.9. The molecule has 0 spiro atoms. The topological polar surface area (TPSA) is 108 Å². The van der Waals surface area contributed by atoms with Gasteiger partial charge in [-0.05, 0) is 41.0 Å². The Balaban J connectivity index is 0.00000264. The van der Waals surface area contributed by atoms with Crippen LogP contribution in [0, 0.1) is 5.92 Å². The summed E-state index contributed by atoms with van der Waals surface area (Å²) in [5.74, 6) is 0.728. The molecule has 8 nitrogen and oxygen atoms in total. The van der Waals surface area contributed by atoms with Gasteiger partial charge in [0, 0.05) is 5.69 Å². The van der Waals surface area contributed by atoms with Crippen LogP contribution < -0.4 is 15.8 Å². The van der Waals surface area contributed by atoms with Crippen molar-refractivity contribution in [1.29, 1.82) is 0 Å². The zero-order valence-electron chi connectivity index (χ0n) is 13.3. The molecule has 1 aromatic carbocycles.